The van der Waals surface area contributed by atoms with Crippen molar-refractivity contribution in [3.63, 3.8) is 0 Å². The van der Waals surface area contributed by atoms with Crippen LogP contribution in [-0.2, 0) is 9.53 Å². The van der Waals surface area contributed by atoms with Crippen LogP contribution in [0.2, 0.25) is 5.02 Å². The number of hydrogen-bond acceptors (Lipinski definition) is 4. The fourth-order valence-electron chi connectivity index (χ4n) is 1.52. The van der Waals surface area contributed by atoms with Gasteiger partial charge in [0.1, 0.15) is 5.82 Å². The Hall–Kier alpha value is -2.15. The van der Waals surface area contributed by atoms with Crippen LogP contribution in [0.3, 0.4) is 0 Å². The summed E-state index contributed by atoms with van der Waals surface area (Å²) in [6.07, 6.45) is -1.29. The third-order valence-corrected chi connectivity index (χ3v) is 2.73. The molecule has 0 aliphatic heterocycles. The molecule has 0 heterocycles. The number of benzene rings is 1. The molecule has 0 aliphatic carbocycles. The molecule has 1 aromatic carbocycles. The molecule has 0 radical (unpaired) electrons. The fourth-order valence-corrected chi connectivity index (χ4v) is 1.69. The molecule has 0 saturated heterocycles. The van der Waals surface area contributed by atoms with Crippen LogP contribution in [0.1, 0.15) is 24.2 Å². The number of esters is 1. The van der Waals surface area contributed by atoms with Gasteiger partial charge in [0.2, 0.25) is 0 Å². The fraction of sp³-hybridized carbons (Fsp3) is 0.308. The molecule has 1 aromatic rings. The maximum Gasteiger partial charge on any atom is 0.341 e. The van der Waals surface area contributed by atoms with Gasteiger partial charge < -0.3 is 10.5 Å². The third-order valence-electron chi connectivity index (χ3n) is 2.49. The molecule has 0 spiro atoms. The number of carbonyl (C=O) groups is 3. The lowest BCUT2D eigenvalue weighted by atomic mass is 10.1. The van der Waals surface area contributed by atoms with Crippen molar-refractivity contribution in [2.75, 3.05) is 0 Å². The lowest BCUT2D eigenvalue weighted by Crippen LogP contribution is -2.45. The molecular weight excluding hydrogens is 303 g/mol. The minimum atomic E-state index is -1.29. The zero-order valence-electron chi connectivity index (χ0n) is 11.4. The molecule has 3 amide bonds. The number of urea groups is 1. The lowest BCUT2D eigenvalue weighted by Gasteiger charge is -2.20. The number of rotatable bonds is 4. The van der Waals surface area contributed by atoms with Gasteiger partial charge in [0.25, 0.3) is 5.91 Å². The Morgan fingerprint density at radius 2 is 1.95 bits per heavy atom. The summed E-state index contributed by atoms with van der Waals surface area (Å²) in [6.45, 7) is 3.18. The SMILES string of the molecule is CC(C)[C@H](OC(=O)c1cc(Cl)ccc1F)C(=O)NC(N)=O. The molecule has 0 saturated carbocycles. The van der Waals surface area contributed by atoms with Crippen LogP contribution in [-0.4, -0.2) is 24.0 Å². The molecule has 0 aromatic heterocycles. The highest BCUT2D eigenvalue weighted by atomic mass is 35.5. The Bertz CT molecular complexity index is 577. The monoisotopic (exact) mass is 316 g/mol. The van der Waals surface area contributed by atoms with Gasteiger partial charge in [0.05, 0.1) is 5.56 Å². The third kappa shape index (κ3) is 4.71. The van der Waals surface area contributed by atoms with Gasteiger partial charge in [0, 0.05) is 5.02 Å². The van der Waals surface area contributed by atoms with Gasteiger partial charge >= 0.3 is 12.0 Å². The van der Waals surface area contributed by atoms with E-state index in [1.807, 2.05) is 5.32 Å². The zero-order valence-corrected chi connectivity index (χ0v) is 12.1. The van der Waals surface area contributed by atoms with Gasteiger partial charge in [0.15, 0.2) is 6.10 Å². The first-order valence-corrected chi connectivity index (χ1v) is 6.36. The summed E-state index contributed by atoms with van der Waals surface area (Å²) in [5, 5.41) is 1.95. The number of nitrogens with two attached hydrogens (primary N) is 1. The topological polar surface area (TPSA) is 98.5 Å². The predicted octanol–water partition coefficient (Wildman–Crippen LogP) is 1.86. The molecule has 21 heavy (non-hydrogen) atoms. The molecule has 6 nitrogen and oxygen atoms in total. The van der Waals surface area contributed by atoms with E-state index in [1.54, 1.807) is 13.8 Å². The van der Waals surface area contributed by atoms with Gasteiger partial charge in [-0.3, -0.25) is 10.1 Å². The number of imide groups is 1. The second-order valence-electron chi connectivity index (χ2n) is 4.55. The Morgan fingerprint density at radius 1 is 1.33 bits per heavy atom. The summed E-state index contributed by atoms with van der Waals surface area (Å²) in [5.74, 6) is -3.22. The van der Waals surface area contributed by atoms with Gasteiger partial charge in [-0.1, -0.05) is 25.4 Å². The smallest absolute Gasteiger partial charge is 0.341 e. The van der Waals surface area contributed by atoms with E-state index in [1.165, 1.54) is 6.07 Å². The first-order valence-electron chi connectivity index (χ1n) is 5.98. The summed E-state index contributed by atoms with van der Waals surface area (Å²) in [7, 11) is 0. The molecule has 114 valence electrons. The Labute approximate surface area is 125 Å². The highest BCUT2D eigenvalue weighted by molar-refractivity contribution is 6.30. The van der Waals surface area contributed by atoms with E-state index in [9.17, 15) is 18.8 Å². The number of carbonyl (C=O) groups excluding carboxylic acids is 3. The standard InChI is InChI=1S/C13H14ClFN2O4/c1-6(2)10(11(18)17-13(16)20)21-12(19)8-5-7(14)3-4-9(8)15/h3-6,10H,1-2H3,(H3,16,17,18,20)/t10-/m0/s1. The van der Waals surface area contributed by atoms with Gasteiger partial charge in [-0.15, -0.1) is 0 Å². The largest absolute Gasteiger partial charge is 0.448 e. The average Bonchev–Trinajstić information content (AvgIpc) is 2.37. The van der Waals surface area contributed by atoms with Crippen molar-refractivity contribution in [3.8, 4) is 0 Å². The Kier molecular flexibility index (Phi) is 5.66. The highest BCUT2D eigenvalue weighted by Crippen LogP contribution is 2.18. The van der Waals surface area contributed by atoms with Crippen molar-refractivity contribution in [2.45, 2.75) is 20.0 Å². The van der Waals surface area contributed by atoms with Crippen molar-refractivity contribution in [1.82, 2.24) is 5.32 Å². The first kappa shape index (κ1) is 16.9. The van der Waals surface area contributed by atoms with Gasteiger partial charge in [-0.2, -0.15) is 0 Å². The number of hydrogen-bond donors (Lipinski definition) is 2. The number of ether oxygens (including phenoxy) is 1. The molecule has 8 heteroatoms. The number of primary amides is 1. The van der Waals surface area contributed by atoms with Crippen molar-refractivity contribution in [3.05, 3.63) is 34.6 Å². The average molecular weight is 317 g/mol. The van der Waals surface area contributed by atoms with E-state index < -0.39 is 41.3 Å². The van der Waals surface area contributed by atoms with E-state index in [2.05, 4.69) is 0 Å². The number of halogens is 2. The quantitative estimate of drug-likeness (QED) is 0.828. The van der Waals surface area contributed by atoms with Crippen LogP contribution in [0.5, 0.6) is 0 Å². The number of nitrogens with one attached hydrogen (secondary N) is 1. The molecule has 1 atom stereocenters. The molecule has 3 N–H and O–H groups in total. The van der Waals surface area contributed by atoms with Crippen LogP contribution < -0.4 is 11.1 Å². The summed E-state index contributed by atoms with van der Waals surface area (Å²) >= 11 is 5.68. The molecule has 1 rings (SSSR count). The van der Waals surface area contributed by atoms with Crippen LogP contribution in [0.15, 0.2) is 18.2 Å². The van der Waals surface area contributed by atoms with Crippen LogP contribution in [0.4, 0.5) is 9.18 Å². The molecule has 0 fully saturated rings. The second-order valence-corrected chi connectivity index (χ2v) is 4.98. The summed E-state index contributed by atoms with van der Waals surface area (Å²) in [6, 6.07) is 2.29. The van der Waals surface area contributed by atoms with Crippen LogP contribution >= 0.6 is 11.6 Å². The zero-order chi connectivity index (χ0) is 16.2. The maximum absolute atomic E-state index is 13.5. The van der Waals surface area contributed by atoms with Crippen molar-refractivity contribution < 1.29 is 23.5 Å². The summed E-state index contributed by atoms with van der Waals surface area (Å²) < 4.78 is 18.5. The van der Waals surface area contributed by atoms with E-state index in [4.69, 9.17) is 22.1 Å². The normalized spacial score (nSPS) is 11.9. The molecule has 0 aliphatic rings. The second kappa shape index (κ2) is 7.03. The van der Waals surface area contributed by atoms with E-state index in [-0.39, 0.29) is 5.02 Å². The molecule has 0 bridgehead atoms. The number of amides is 3. The Morgan fingerprint density at radius 3 is 2.48 bits per heavy atom. The minimum absolute atomic E-state index is 0.144. The summed E-state index contributed by atoms with van der Waals surface area (Å²) in [5.41, 5.74) is 4.43. The lowest BCUT2D eigenvalue weighted by molar-refractivity contribution is -0.130. The van der Waals surface area contributed by atoms with Crippen molar-refractivity contribution >= 4 is 29.5 Å². The summed E-state index contributed by atoms with van der Waals surface area (Å²) in [4.78, 5) is 34.3. The van der Waals surface area contributed by atoms with Crippen LogP contribution in [0.25, 0.3) is 0 Å². The molecular formula is C13H14ClFN2O4. The van der Waals surface area contributed by atoms with Gasteiger partial charge in [-0.05, 0) is 24.1 Å². The molecule has 0 unspecified atom stereocenters. The predicted molar refractivity (Wildman–Crippen MR) is 73.2 cm³/mol. The van der Waals surface area contributed by atoms with E-state index in [0.717, 1.165) is 12.1 Å². The van der Waals surface area contributed by atoms with Gasteiger partial charge in [-0.25, -0.2) is 14.0 Å². The van der Waals surface area contributed by atoms with E-state index in [0.29, 0.717) is 0 Å². The first-order chi connectivity index (χ1) is 9.72. The maximum atomic E-state index is 13.5. The van der Waals surface area contributed by atoms with E-state index >= 15 is 0 Å². The Balaban J connectivity index is 2.93. The van der Waals surface area contributed by atoms with Crippen molar-refractivity contribution in [2.24, 2.45) is 11.7 Å². The van der Waals surface area contributed by atoms with Crippen molar-refractivity contribution in [1.29, 1.82) is 0 Å². The highest BCUT2D eigenvalue weighted by Gasteiger charge is 2.28. The van der Waals surface area contributed by atoms with Crippen LogP contribution in [0, 0.1) is 11.7 Å². The minimum Gasteiger partial charge on any atom is -0.448 e.